The second kappa shape index (κ2) is 7.64. The van der Waals surface area contributed by atoms with Crippen molar-refractivity contribution in [1.29, 1.82) is 0 Å². The van der Waals surface area contributed by atoms with Crippen LogP contribution in [0.2, 0.25) is 15.1 Å². The summed E-state index contributed by atoms with van der Waals surface area (Å²) in [4.78, 5) is 6.82. The average molecular weight is 441 g/mol. The van der Waals surface area contributed by atoms with Crippen LogP contribution in [0.3, 0.4) is 0 Å². The number of benzene rings is 2. The van der Waals surface area contributed by atoms with Gasteiger partial charge in [-0.2, -0.15) is 0 Å². The van der Waals surface area contributed by atoms with Gasteiger partial charge >= 0.3 is 0 Å². The molecule has 5 nitrogen and oxygen atoms in total. The number of hydrogen-bond acceptors (Lipinski definition) is 4. The molecule has 0 amide bonds. The van der Waals surface area contributed by atoms with Gasteiger partial charge in [0, 0.05) is 30.8 Å². The van der Waals surface area contributed by atoms with Gasteiger partial charge < -0.3 is 19.3 Å². The summed E-state index contributed by atoms with van der Waals surface area (Å²) >= 11 is 19.5. The molecule has 1 N–H and O–H groups in total. The maximum absolute atomic E-state index is 10.5. The number of ether oxygens (including phenoxy) is 1. The molecule has 1 atom stereocenters. The fraction of sp³-hybridized carbons (Fsp3) is 0.350. The van der Waals surface area contributed by atoms with E-state index in [1.807, 2.05) is 17.9 Å². The summed E-state index contributed by atoms with van der Waals surface area (Å²) in [5, 5.41) is 12.0. The molecule has 0 aliphatic carbocycles. The SMILES string of the molecule is CCC(O)c1ccc(Cl)c2nc3n(c12)CCCN3c1c(Cl)cc(OC)cc1Cl. The largest absolute Gasteiger partial charge is 0.497 e. The Labute approximate surface area is 178 Å². The molecule has 28 heavy (non-hydrogen) atoms. The fourth-order valence-electron chi connectivity index (χ4n) is 3.74. The third kappa shape index (κ3) is 3.11. The van der Waals surface area contributed by atoms with Crippen molar-refractivity contribution >= 4 is 57.5 Å². The molecule has 0 fully saturated rings. The van der Waals surface area contributed by atoms with Crippen molar-refractivity contribution in [1.82, 2.24) is 9.55 Å². The molecule has 1 aliphatic heterocycles. The molecule has 2 heterocycles. The number of anilines is 2. The number of aliphatic hydroxyl groups excluding tert-OH is 1. The Bertz CT molecular complexity index is 1030. The lowest BCUT2D eigenvalue weighted by Crippen LogP contribution is -2.28. The predicted octanol–water partition coefficient (Wildman–Crippen LogP) is 5.99. The first-order valence-electron chi connectivity index (χ1n) is 9.13. The maximum Gasteiger partial charge on any atom is 0.211 e. The molecule has 3 aromatic rings. The summed E-state index contributed by atoms with van der Waals surface area (Å²) in [5.41, 5.74) is 3.06. The monoisotopic (exact) mass is 439 g/mol. The lowest BCUT2D eigenvalue weighted by molar-refractivity contribution is 0.175. The number of halogens is 3. The zero-order valence-electron chi connectivity index (χ0n) is 15.5. The number of methoxy groups -OCH3 is 1. The van der Waals surface area contributed by atoms with Crippen molar-refractivity contribution in [3.05, 3.63) is 44.9 Å². The number of imidazole rings is 1. The quantitative estimate of drug-likeness (QED) is 0.541. The molecule has 0 radical (unpaired) electrons. The summed E-state index contributed by atoms with van der Waals surface area (Å²) in [7, 11) is 1.57. The van der Waals surface area contributed by atoms with Crippen LogP contribution in [0.1, 0.15) is 31.4 Å². The first-order chi connectivity index (χ1) is 13.5. The van der Waals surface area contributed by atoms with E-state index in [2.05, 4.69) is 4.57 Å². The van der Waals surface area contributed by atoms with Crippen LogP contribution in [0.4, 0.5) is 11.6 Å². The Morgan fingerprint density at radius 3 is 2.50 bits per heavy atom. The van der Waals surface area contributed by atoms with E-state index in [1.54, 1.807) is 25.3 Å². The Morgan fingerprint density at radius 1 is 1.14 bits per heavy atom. The molecule has 148 valence electrons. The summed E-state index contributed by atoms with van der Waals surface area (Å²) in [6, 6.07) is 7.14. The first kappa shape index (κ1) is 19.6. The van der Waals surface area contributed by atoms with Crippen LogP contribution in [0, 0.1) is 0 Å². The molecule has 1 aromatic heterocycles. The van der Waals surface area contributed by atoms with E-state index in [-0.39, 0.29) is 0 Å². The van der Waals surface area contributed by atoms with Crippen LogP contribution < -0.4 is 9.64 Å². The molecular formula is C20H20Cl3N3O2. The third-order valence-electron chi connectivity index (χ3n) is 5.10. The van der Waals surface area contributed by atoms with Gasteiger partial charge in [-0.1, -0.05) is 47.8 Å². The van der Waals surface area contributed by atoms with Crippen molar-refractivity contribution in [3.8, 4) is 5.75 Å². The molecule has 8 heteroatoms. The van der Waals surface area contributed by atoms with Crippen LogP contribution >= 0.6 is 34.8 Å². The molecular weight excluding hydrogens is 421 g/mol. The number of nitrogens with zero attached hydrogens (tertiary/aromatic N) is 3. The van der Waals surface area contributed by atoms with Gasteiger partial charge in [-0.05, 0) is 18.9 Å². The molecule has 0 saturated heterocycles. The third-order valence-corrected chi connectivity index (χ3v) is 5.98. The van der Waals surface area contributed by atoms with Crippen LogP contribution in [-0.2, 0) is 6.54 Å². The Hall–Kier alpha value is -1.66. The van der Waals surface area contributed by atoms with Crippen molar-refractivity contribution in [2.75, 3.05) is 18.6 Å². The lowest BCUT2D eigenvalue weighted by Gasteiger charge is -2.31. The van der Waals surface area contributed by atoms with E-state index in [1.165, 1.54) is 0 Å². The zero-order chi connectivity index (χ0) is 20.0. The average Bonchev–Trinajstić information content (AvgIpc) is 3.08. The van der Waals surface area contributed by atoms with Gasteiger partial charge in [0.15, 0.2) is 0 Å². The predicted molar refractivity (Wildman–Crippen MR) is 115 cm³/mol. The highest BCUT2D eigenvalue weighted by atomic mass is 35.5. The summed E-state index contributed by atoms with van der Waals surface area (Å²) in [6.45, 7) is 3.44. The van der Waals surface area contributed by atoms with E-state index in [9.17, 15) is 5.11 Å². The Morgan fingerprint density at radius 2 is 1.86 bits per heavy atom. The number of aliphatic hydroxyl groups is 1. The normalized spacial score (nSPS) is 15.0. The van der Waals surface area contributed by atoms with Gasteiger partial charge in [0.2, 0.25) is 5.95 Å². The minimum atomic E-state index is -0.580. The summed E-state index contributed by atoms with van der Waals surface area (Å²) in [6.07, 6.45) is 0.909. The van der Waals surface area contributed by atoms with Crippen molar-refractivity contribution in [3.63, 3.8) is 0 Å². The molecule has 0 saturated carbocycles. The lowest BCUT2D eigenvalue weighted by atomic mass is 10.1. The smallest absolute Gasteiger partial charge is 0.211 e. The van der Waals surface area contributed by atoms with Gasteiger partial charge in [0.25, 0.3) is 0 Å². The van der Waals surface area contributed by atoms with Gasteiger partial charge in [0.1, 0.15) is 11.3 Å². The number of aryl methyl sites for hydroxylation is 1. The first-order valence-corrected chi connectivity index (χ1v) is 10.3. The Balaban J connectivity index is 1.94. The minimum Gasteiger partial charge on any atom is -0.497 e. The van der Waals surface area contributed by atoms with Gasteiger partial charge in [-0.25, -0.2) is 4.98 Å². The van der Waals surface area contributed by atoms with Crippen LogP contribution in [0.15, 0.2) is 24.3 Å². The molecule has 0 bridgehead atoms. The highest BCUT2D eigenvalue weighted by Gasteiger charge is 2.29. The molecule has 1 aliphatic rings. The van der Waals surface area contributed by atoms with E-state index >= 15 is 0 Å². The highest BCUT2D eigenvalue weighted by Crippen LogP contribution is 2.44. The standard InChI is InChI=1S/C20H20Cl3N3O2/c1-3-16(27)12-5-6-13(21)17-18(12)25-7-4-8-26(20(25)24-17)19-14(22)9-11(28-2)10-15(19)23/h5-6,9-10,16,27H,3-4,7-8H2,1-2H3. The fourth-order valence-corrected chi connectivity index (χ4v) is 4.61. The summed E-state index contributed by atoms with van der Waals surface area (Å²) < 4.78 is 7.35. The molecule has 0 spiro atoms. The highest BCUT2D eigenvalue weighted by molar-refractivity contribution is 6.39. The number of rotatable bonds is 4. The van der Waals surface area contributed by atoms with Crippen LogP contribution in [0.5, 0.6) is 5.75 Å². The number of fused-ring (bicyclic) bond motifs is 3. The van der Waals surface area contributed by atoms with Gasteiger partial charge in [0.05, 0.1) is 39.5 Å². The number of aromatic nitrogens is 2. The van der Waals surface area contributed by atoms with Gasteiger partial charge in [-0.3, -0.25) is 0 Å². The second-order valence-electron chi connectivity index (χ2n) is 6.77. The maximum atomic E-state index is 10.5. The van der Waals surface area contributed by atoms with Crippen molar-refractivity contribution in [2.24, 2.45) is 0 Å². The summed E-state index contributed by atoms with van der Waals surface area (Å²) in [5.74, 6) is 1.31. The second-order valence-corrected chi connectivity index (χ2v) is 7.99. The van der Waals surface area contributed by atoms with E-state index in [0.29, 0.717) is 44.4 Å². The van der Waals surface area contributed by atoms with Crippen LogP contribution in [-0.4, -0.2) is 28.3 Å². The van der Waals surface area contributed by atoms with E-state index in [0.717, 1.165) is 30.6 Å². The zero-order valence-corrected chi connectivity index (χ0v) is 17.8. The van der Waals surface area contributed by atoms with Crippen molar-refractivity contribution < 1.29 is 9.84 Å². The minimum absolute atomic E-state index is 0.491. The number of hydrogen-bond donors (Lipinski definition) is 1. The van der Waals surface area contributed by atoms with Crippen LogP contribution in [0.25, 0.3) is 11.0 Å². The molecule has 2 aromatic carbocycles. The van der Waals surface area contributed by atoms with Gasteiger partial charge in [-0.15, -0.1) is 0 Å². The topological polar surface area (TPSA) is 50.5 Å². The Kier molecular flexibility index (Phi) is 5.36. The molecule has 4 rings (SSSR count). The van der Waals surface area contributed by atoms with Crippen molar-refractivity contribution in [2.45, 2.75) is 32.4 Å². The molecule has 1 unspecified atom stereocenters. The van der Waals surface area contributed by atoms with E-state index in [4.69, 9.17) is 44.5 Å². The van der Waals surface area contributed by atoms with E-state index < -0.39 is 6.10 Å².